The first kappa shape index (κ1) is 43.0. The third-order valence-corrected chi connectivity index (χ3v) is 9.47. The molecule has 21 heteroatoms. The Labute approximate surface area is 340 Å². The SMILES string of the molecule is CC1=CC(c2cccc(S(N)(=O)=O)c2)C(O)=C1N=Nc1cc(Cl)ccc1O.Cc1nn(-c2cccc(SOON)c2)c(O)c1N=Nc1cc(Cl)ccc1O.[Cr].[H+]. The standard InChI is InChI=1S/C18H16ClN3O4S.C16H14ClN5O4S.Cr/c1-10-7-14(11-3-2-4-13(8-11)27(20,25)26)18(24)17(10)22-21-15-9-12(19)5-6-16(15)23;1-9-15(20-19-13-7-10(17)5-6-14(13)23)16(24)22(21-9)11-3-2-4-12(8-11)27-26-25-18;/h2-9,14,23-24H,1H3,(H2,20,25,26);2-8,23-24H,18H2,1H3;/p+1. The Morgan fingerprint density at radius 2 is 1.47 bits per heavy atom. The van der Waals surface area contributed by atoms with Crippen molar-refractivity contribution in [3.63, 3.8) is 0 Å². The molecule has 1 heterocycles. The normalized spacial score (nSPS) is 14.2. The van der Waals surface area contributed by atoms with Crippen LogP contribution in [0.5, 0.6) is 17.4 Å². The molecule has 0 fully saturated rings. The van der Waals surface area contributed by atoms with E-state index in [9.17, 15) is 28.8 Å². The fraction of sp³-hybridized carbons (Fsp3) is 0.0882. The van der Waals surface area contributed by atoms with Crippen molar-refractivity contribution >= 4 is 62.3 Å². The van der Waals surface area contributed by atoms with Gasteiger partial charge in [0.05, 0.1) is 34.2 Å². The van der Waals surface area contributed by atoms with Crippen molar-refractivity contribution < 1.29 is 57.0 Å². The molecule has 16 nitrogen and oxygen atoms in total. The zero-order valence-electron chi connectivity index (χ0n) is 29.5. The molecule has 1 unspecified atom stereocenters. The van der Waals surface area contributed by atoms with Crippen molar-refractivity contribution in [2.45, 2.75) is 29.6 Å². The van der Waals surface area contributed by atoms with Gasteiger partial charge in [-0.2, -0.15) is 15.7 Å². The van der Waals surface area contributed by atoms with Crippen LogP contribution in [0.15, 0.2) is 138 Å². The number of aryl methyl sites for hydroxylation is 1. The first-order chi connectivity index (χ1) is 25.7. The van der Waals surface area contributed by atoms with Crippen LogP contribution in [0.2, 0.25) is 10.0 Å². The molecule has 5 aromatic rings. The summed E-state index contributed by atoms with van der Waals surface area (Å²) in [7, 11) is -3.86. The average Bonchev–Trinajstić information content (AvgIpc) is 3.59. The topological polar surface area (TPSA) is 253 Å². The van der Waals surface area contributed by atoms with E-state index in [0.717, 1.165) is 12.0 Å². The summed E-state index contributed by atoms with van der Waals surface area (Å²) in [6, 6.07) is 21.7. The second-order valence-electron chi connectivity index (χ2n) is 11.3. The van der Waals surface area contributed by atoms with E-state index in [1.165, 1.54) is 53.2 Å². The van der Waals surface area contributed by atoms with E-state index in [-0.39, 0.29) is 69.6 Å². The minimum atomic E-state index is -3.86. The Balaban J connectivity index is 0.000000290. The Kier molecular flexibility index (Phi) is 14.6. The van der Waals surface area contributed by atoms with Gasteiger partial charge < -0.3 is 20.4 Å². The van der Waals surface area contributed by atoms with Gasteiger partial charge in [0.25, 0.3) is 0 Å². The monoisotopic (exact) mass is 865 g/mol. The molecule has 0 amide bonds. The molecule has 0 bridgehead atoms. The number of halogens is 2. The molecule has 0 aliphatic heterocycles. The van der Waals surface area contributed by atoms with E-state index in [2.05, 4.69) is 34.9 Å². The first-order valence-corrected chi connectivity index (χ1v) is 18.3. The number of aromatic hydroxyl groups is 3. The zero-order chi connectivity index (χ0) is 39.2. The van der Waals surface area contributed by atoms with Crippen molar-refractivity contribution in [1.29, 1.82) is 0 Å². The molecule has 0 spiro atoms. The van der Waals surface area contributed by atoms with Gasteiger partial charge in [0.2, 0.25) is 15.9 Å². The number of azo groups is 2. The molecular weight excluding hydrogens is 835 g/mol. The van der Waals surface area contributed by atoms with Crippen LogP contribution >= 0.6 is 35.2 Å². The Morgan fingerprint density at radius 3 is 2.09 bits per heavy atom. The smallest absolute Gasteiger partial charge is 0.509 e. The van der Waals surface area contributed by atoms with Crippen molar-refractivity contribution in [1.82, 2.24) is 9.78 Å². The maximum absolute atomic E-state index is 11.5. The van der Waals surface area contributed by atoms with E-state index < -0.39 is 15.9 Å². The number of phenolic OH excluding ortho intramolecular Hbond substituents is 2. The molecule has 4 aromatic carbocycles. The number of allylic oxidation sites excluding steroid dienone is 2. The van der Waals surface area contributed by atoms with E-state index in [4.69, 9.17) is 34.2 Å². The van der Waals surface area contributed by atoms with E-state index in [1.54, 1.807) is 56.3 Å². The predicted octanol–water partition coefficient (Wildman–Crippen LogP) is 8.89. The summed E-state index contributed by atoms with van der Waals surface area (Å²) < 4.78 is 29.0. The first-order valence-electron chi connectivity index (χ1n) is 15.3. The molecule has 1 aromatic heterocycles. The average molecular weight is 867 g/mol. The van der Waals surface area contributed by atoms with Gasteiger partial charge in [0.1, 0.15) is 34.3 Å². The quantitative estimate of drug-likeness (QED) is 0.0334. The van der Waals surface area contributed by atoms with Gasteiger partial charge in [-0.05, 0) is 91.7 Å². The summed E-state index contributed by atoms with van der Waals surface area (Å²) in [4.78, 5) is 4.70. The van der Waals surface area contributed by atoms with Gasteiger partial charge >= 0.3 is 1.43 Å². The minimum absolute atomic E-state index is 0. The van der Waals surface area contributed by atoms with Gasteiger partial charge in [-0.25, -0.2) is 13.6 Å². The number of primary sulfonamides is 1. The minimum Gasteiger partial charge on any atom is -0.509 e. The van der Waals surface area contributed by atoms with Crippen LogP contribution in [-0.2, 0) is 36.7 Å². The third-order valence-electron chi connectivity index (χ3n) is 7.50. The van der Waals surface area contributed by atoms with Gasteiger partial charge in [-0.1, -0.05) is 47.5 Å². The largest absolute Gasteiger partial charge is 1.00 e. The van der Waals surface area contributed by atoms with Crippen LogP contribution in [-0.4, -0.2) is 38.6 Å². The van der Waals surface area contributed by atoms with Crippen LogP contribution in [0, 0.1) is 6.92 Å². The second-order valence-corrected chi connectivity index (χ2v) is 14.5. The number of nitrogens with zero attached hydrogens (tertiary/aromatic N) is 6. The van der Waals surface area contributed by atoms with Crippen molar-refractivity contribution in [2.24, 2.45) is 31.5 Å². The van der Waals surface area contributed by atoms with Crippen molar-refractivity contribution in [2.75, 3.05) is 0 Å². The number of aromatic nitrogens is 2. The summed E-state index contributed by atoms with van der Waals surface area (Å²) in [5.41, 5.74) is 2.94. The van der Waals surface area contributed by atoms with Crippen LogP contribution in [0.3, 0.4) is 0 Å². The van der Waals surface area contributed by atoms with Gasteiger partial charge in [-0.15, -0.1) is 29.8 Å². The number of phenols is 2. The fourth-order valence-corrected chi connectivity index (χ4v) is 6.24. The Hall–Kier alpha value is -4.78. The number of hydrogen-bond acceptors (Lipinski definition) is 15. The van der Waals surface area contributed by atoms with Gasteiger partial charge in [-0.3, -0.25) is 0 Å². The third kappa shape index (κ3) is 10.7. The van der Waals surface area contributed by atoms with Crippen molar-refractivity contribution in [3.8, 4) is 23.1 Å². The number of nitrogens with two attached hydrogens (primary N) is 2. The molecule has 286 valence electrons. The number of aliphatic hydroxyl groups is 1. The fourth-order valence-electron chi connectivity index (χ4n) is 4.92. The molecule has 0 saturated carbocycles. The summed E-state index contributed by atoms with van der Waals surface area (Å²) in [5.74, 6) is 3.78. The number of sulfonamides is 1. The number of rotatable bonds is 10. The zero-order valence-corrected chi connectivity index (χ0v) is 32.9. The number of benzene rings is 4. The van der Waals surface area contributed by atoms with Crippen LogP contribution in [0.25, 0.3) is 5.69 Å². The summed E-state index contributed by atoms with van der Waals surface area (Å²) in [5, 5.41) is 66.8. The Morgan fingerprint density at radius 1 is 0.855 bits per heavy atom. The summed E-state index contributed by atoms with van der Waals surface area (Å²) >= 11 is 12.7. The van der Waals surface area contributed by atoms with E-state index in [1.807, 2.05) is 0 Å². The molecule has 55 heavy (non-hydrogen) atoms. The molecule has 8 N–H and O–H groups in total. The van der Waals surface area contributed by atoms with Crippen molar-refractivity contribution in [3.05, 3.63) is 129 Å². The number of hydrogen-bond donors (Lipinski definition) is 6. The maximum atomic E-state index is 11.5. The van der Waals surface area contributed by atoms with Gasteiger partial charge in [0, 0.05) is 32.3 Å². The van der Waals surface area contributed by atoms with Crippen LogP contribution < -0.4 is 11.0 Å². The molecule has 1 aliphatic rings. The molecule has 0 saturated heterocycles. The summed E-state index contributed by atoms with van der Waals surface area (Å²) in [6.45, 7) is 3.41. The predicted molar refractivity (Wildman–Crippen MR) is 202 cm³/mol. The Bertz CT molecular complexity index is 2450. The van der Waals surface area contributed by atoms with E-state index >= 15 is 0 Å². The summed E-state index contributed by atoms with van der Waals surface area (Å²) in [6.07, 6.45) is 1.74. The van der Waals surface area contributed by atoms with E-state index in [0.29, 0.717) is 37.5 Å². The molecule has 6 rings (SSSR count). The molecule has 0 radical (unpaired) electrons. The van der Waals surface area contributed by atoms with Crippen LogP contribution in [0.4, 0.5) is 17.1 Å². The second kappa shape index (κ2) is 18.7. The molecule has 1 atom stereocenters. The molecule has 1 aliphatic carbocycles. The van der Waals surface area contributed by atoms with Crippen LogP contribution in [0.1, 0.15) is 25.5 Å². The molecular formula is C34H31Cl2CrN8O8S2+. The maximum Gasteiger partial charge on any atom is 1.00 e. The number of aliphatic hydroxyl groups excluding tert-OH is 1. The van der Waals surface area contributed by atoms with Gasteiger partial charge in [0.15, 0.2) is 5.69 Å².